The molecule has 0 bridgehead atoms. The number of aromatic nitrogens is 4. The van der Waals surface area contributed by atoms with Crippen molar-refractivity contribution < 1.29 is 14.4 Å². The van der Waals surface area contributed by atoms with Crippen molar-refractivity contribution in [2.24, 2.45) is 13.0 Å². The van der Waals surface area contributed by atoms with E-state index in [1.54, 1.807) is 12.1 Å². The number of phenols is 1. The summed E-state index contributed by atoms with van der Waals surface area (Å²) in [6.45, 7) is 9.86. The van der Waals surface area contributed by atoms with Gasteiger partial charge in [0.25, 0.3) is 5.88 Å². The first kappa shape index (κ1) is 22.4. The van der Waals surface area contributed by atoms with Gasteiger partial charge in [-0.05, 0) is 35.3 Å². The van der Waals surface area contributed by atoms with Crippen molar-refractivity contribution in [3.63, 3.8) is 0 Å². The molecule has 8 nitrogen and oxygen atoms in total. The summed E-state index contributed by atoms with van der Waals surface area (Å²) in [6.07, 6.45) is 0. The zero-order chi connectivity index (χ0) is 23.8. The zero-order valence-corrected chi connectivity index (χ0v) is 20.1. The van der Waals surface area contributed by atoms with E-state index in [1.165, 1.54) is 5.69 Å². The molecule has 4 heterocycles. The maximum atomic E-state index is 10.2. The van der Waals surface area contributed by atoms with Crippen LogP contribution >= 0.6 is 0 Å². The zero-order valence-electron chi connectivity index (χ0n) is 20.1. The Morgan fingerprint density at radius 3 is 2.68 bits per heavy atom. The van der Waals surface area contributed by atoms with Gasteiger partial charge in [-0.15, -0.1) is 10.2 Å². The molecule has 0 amide bonds. The van der Waals surface area contributed by atoms with E-state index in [0.717, 1.165) is 36.4 Å². The molecule has 1 N–H and O–H groups in total. The van der Waals surface area contributed by atoms with E-state index in [4.69, 9.17) is 9.26 Å². The highest BCUT2D eigenvalue weighted by molar-refractivity contribution is 5.82. The molecule has 1 saturated heterocycles. The van der Waals surface area contributed by atoms with Crippen LogP contribution in [0, 0.1) is 5.92 Å². The molecule has 1 aromatic carbocycles. The van der Waals surface area contributed by atoms with Crippen LogP contribution in [0.2, 0.25) is 0 Å². The molecular weight excluding hydrogens is 430 g/mol. The van der Waals surface area contributed by atoms with Gasteiger partial charge in [-0.3, -0.25) is 4.90 Å². The Morgan fingerprint density at radius 1 is 1.12 bits per heavy atom. The van der Waals surface area contributed by atoms with Crippen LogP contribution in [0.5, 0.6) is 11.6 Å². The lowest BCUT2D eigenvalue weighted by Gasteiger charge is -2.39. The number of hydrogen-bond donors (Lipinski definition) is 1. The van der Waals surface area contributed by atoms with Gasteiger partial charge in [-0.25, -0.2) is 0 Å². The van der Waals surface area contributed by atoms with Crippen molar-refractivity contribution in [3.8, 4) is 22.9 Å². The van der Waals surface area contributed by atoms with Crippen LogP contribution in [0.25, 0.3) is 22.3 Å². The van der Waals surface area contributed by atoms with E-state index in [1.807, 2.05) is 31.3 Å². The average Bonchev–Trinajstić information content (AvgIpc) is 3.39. The number of nitrogens with zero attached hydrogens (tertiary/aromatic N) is 5. The normalized spacial score (nSPS) is 15.7. The molecule has 1 fully saturated rings. The van der Waals surface area contributed by atoms with Gasteiger partial charge in [0, 0.05) is 61.2 Å². The van der Waals surface area contributed by atoms with Gasteiger partial charge in [-0.1, -0.05) is 32.9 Å². The summed E-state index contributed by atoms with van der Waals surface area (Å²) in [5.41, 5.74) is 3.47. The fourth-order valence-corrected chi connectivity index (χ4v) is 4.46. The van der Waals surface area contributed by atoms with Gasteiger partial charge < -0.3 is 18.9 Å². The Bertz CT molecular complexity index is 1290. The third-order valence-electron chi connectivity index (χ3n) is 6.98. The Hall–Kier alpha value is -3.39. The molecule has 0 aliphatic carbocycles. The first-order valence-electron chi connectivity index (χ1n) is 11.8. The summed E-state index contributed by atoms with van der Waals surface area (Å²) in [5, 5.41) is 24.0. The van der Waals surface area contributed by atoms with Crippen molar-refractivity contribution >= 4 is 11.0 Å². The number of benzene rings is 1. The Morgan fingerprint density at radius 2 is 1.91 bits per heavy atom. The first-order valence-corrected chi connectivity index (χ1v) is 11.8. The molecule has 5 rings (SSSR count). The summed E-state index contributed by atoms with van der Waals surface area (Å²) in [5.74, 6) is 2.90. The van der Waals surface area contributed by atoms with Crippen molar-refractivity contribution in [2.75, 3.05) is 26.2 Å². The quantitative estimate of drug-likeness (QED) is 0.411. The summed E-state index contributed by atoms with van der Waals surface area (Å²) in [4.78, 5) is 2.37. The smallest absolute Gasteiger partial charge is 0.254 e. The van der Waals surface area contributed by atoms with Gasteiger partial charge >= 0.3 is 0 Å². The van der Waals surface area contributed by atoms with Crippen LogP contribution in [0.1, 0.15) is 44.1 Å². The number of likely N-dealkylation sites (tertiary alicyclic amines) is 1. The minimum Gasteiger partial charge on any atom is -0.507 e. The summed E-state index contributed by atoms with van der Waals surface area (Å²) in [6, 6.07) is 13.3. The molecular formula is C26H31N5O3. The molecule has 1 atom stereocenters. The minimum atomic E-state index is 0.209. The third-order valence-corrected chi connectivity index (χ3v) is 6.98. The molecule has 8 heteroatoms. The number of aryl methyl sites for hydroxylation is 1. The highest BCUT2D eigenvalue weighted by Crippen LogP contribution is 2.33. The van der Waals surface area contributed by atoms with E-state index >= 15 is 0 Å². The summed E-state index contributed by atoms with van der Waals surface area (Å²) in [7, 11) is 2.04. The second-order valence-electron chi connectivity index (χ2n) is 9.56. The van der Waals surface area contributed by atoms with E-state index < -0.39 is 0 Å². The van der Waals surface area contributed by atoms with E-state index in [0.29, 0.717) is 41.5 Å². The fourth-order valence-electron chi connectivity index (χ4n) is 4.46. The van der Waals surface area contributed by atoms with Crippen molar-refractivity contribution in [1.82, 2.24) is 24.8 Å². The van der Waals surface area contributed by atoms with Gasteiger partial charge in [-0.2, -0.15) is 0 Å². The lowest BCUT2D eigenvalue weighted by molar-refractivity contribution is 0.116. The molecule has 178 valence electrons. The van der Waals surface area contributed by atoms with Gasteiger partial charge in [0.05, 0.1) is 5.69 Å². The first-order chi connectivity index (χ1) is 16.4. The largest absolute Gasteiger partial charge is 0.507 e. The molecule has 34 heavy (non-hydrogen) atoms. The monoisotopic (exact) mass is 461 g/mol. The topological polar surface area (TPSA) is 89.4 Å². The predicted octanol–water partition coefficient (Wildman–Crippen LogP) is 4.57. The van der Waals surface area contributed by atoms with Crippen molar-refractivity contribution in [3.05, 3.63) is 53.9 Å². The van der Waals surface area contributed by atoms with Gasteiger partial charge in [0.2, 0.25) is 0 Å². The standard InChI is InChI=1S/C26H31N5O3/c1-16(2)17(3)24-13-25(29-34-24)33-10-9-31-14-19(15-31)22-12-18-11-21(27-28-26(18)30(22)4)20-7-5-6-8-23(20)32/h5-8,11-13,16-17,19,32H,9-10,14-15H2,1-4H3/t17-/m1/s1. The van der Waals surface area contributed by atoms with E-state index in [9.17, 15) is 5.11 Å². The molecule has 0 spiro atoms. The van der Waals surface area contributed by atoms with Crippen LogP contribution in [0.15, 0.2) is 47.0 Å². The second kappa shape index (κ2) is 9.10. The Kier molecular flexibility index (Phi) is 6.00. The summed E-state index contributed by atoms with van der Waals surface area (Å²) < 4.78 is 13.4. The number of para-hydroxylation sites is 1. The van der Waals surface area contributed by atoms with Crippen molar-refractivity contribution in [2.45, 2.75) is 32.6 Å². The Labute approximate surface area is 199 Å². The molecule has 0 saturated carbocycles. The van der Waals surface area contributed by atoms with Gasteiger partial charge in [0.15, 0.2) is 5.65 Å². The maximum absolute atomic E-state index is 10.2. The fraction of sp³-hybridized carbons (Fsp3) is 0.423. The third kappa shape index (κ3) is 4.25. The van der Waals surface area contributed by atoms with E-state index in [2.05, 4.69) is 51.7 Å². The maximum Gasteiger partial charge on any atom is 0.254 e. The number of rotatable bonds is 8. The molecule has 4 aromatic rings. The SMILES string of the molecule is CC(C)[C@@H](C)c1cc(OCCN2CC(c3cc4cc(-c5ccccc5O)nnc4n3C)C2)no1. The number of ether oxygens (including phenoxy) is 1. The van der Waals surface area contributed by atoms with Crippen LogP contribution < -0.4 is 4.74 Å². The number of aromatic hydroxyl groups is 1. The summed E-state index contributed by atoms with van der Waals surface area (Å²) >= 11 is 0. The van der Waals surface area contributed by atoms with Crippen LogP contribution in [0.3, 0.4) is 0 Å². The van der Waals surface area contributed by atoms with E-state index in [-0.39, 0.29) is 5.75 Å². The minimum absolute atomic E-state index is 0.209. The predicted molar refractivity (Wildman–Crippen MR) is 130 cm³/mol. The van der Waals surface area contributed by atoms with Gasteiger partial charge in [0.1, 0.15) is 18.1 Å². The number of hydrogen-bond acceptors (Lipinski definition) is 7. The van der Waals surface area contributed by atoms with Crippen LogP contribution in [0.4, 0.5) is 0 Å². The molecule has 3 aromatic heterocycles. The highest BCUT2D eigenvalue weighted by atomic mass is 16.5. The molecule has 1 aliphatic heterocycles. The van der Waals surface area contributed by atoms with Crippen LogP contribution in [-0.2, 0) is 7.05 Å². The number of phenolic OH excluding ortho intramolecular Hbond substituents is 1. The molecule has 0 unspecified atom stereocenters. The lowest BCUT2D eigenvalue weighted by atomic mass is 9.96. The Balaban J connectivity index is 1.18. The second-order valence-corrected chi connectivity index (χ2v) is 9.56. The molecule has 1 aliphatic rings. The highest BCUT2D eigenvalue weighted by Gasteiger charge is 2.30. The number of fused-ring (bicyclic) bond motifs is 1. The molecule has 0 radical (unpaired) electrons. The van der Waals surface area contributed by atoms with Crippen molar-refractivity contribution in [1.29, 1.82) is 0 Å². The average molecular weight is 462 g/mol. The van der Waals surface area contributed by atoms with Crippen LogP contribution in [-0.4, -0.2) is 56.2 Å². The lowest BCUT2D eigenvalue weighted by Crippen LogP contribution is -2.47.